The van der Waals surface area contributed by atoms with E-state index in [9.17, 15) is 0 Å². The number of H-pyrrole nitrogens is 1. The molecule has 0 bridgehead atoms. The monoisotopic (exact) mass is 410 g/mol. The second-order valence-electron chi connectivity index (χ2n) is 7.52. The van der Waals surface area contributed by atoms with Crippen LogP contribution in [0.4, 0.5) is 5.13 Å². The van der Waals surface area contributed by atoms with Crippen molar-refractivity contribution in [3.8, 4) is 0 Å². The molecule has 7 heteroatoms. The van der Waals surface area contributed by atoms with Gasteiger partial charge in [0.25, 0.3) is 0 Å². The lowest BCUT2D eigenvalue weighted by atomic mass is 10.1. The molecule has 0 spiro atoms. The van der Waals surface area contributed by atoms with Gasteiger partial charge < -0.3 is 20.5 Å². The van der Waals surface area contributed by atoms with E-state index in [1.165, 1.54) is 40.1 Å². The van der Waals surface area contributed by atoms with Crippen molar-refractivity contribution in [2.75, 3.05) is 38.1 Å². The molecule has 0 aliphatic carbocycles. The van der Waals surface area contributed by atoms with Gasteiger partial charge in [-0.05, 0) is 37.8 Å². The van der Waals surface area contributed by atoms with Crippen LogP contribution in [-0.4, -0.2) is 49.2 Å². The van der Waals surface area contributed by atoms with Crippen molar-refractivity contribution in [3.63, 3.8) is 0 Å². The number of aliphatic imine (C=N–C) groups is 1. The fourth-order valence-corrected chi connectivity index (χ4v) is 4.87. The number of benzene rings is 1. The number of aryl methyl sites for hydroxylation is 1. The first kappa shape index (κ1) is 19.8. The van der Waals surface area contributed by atoms with E-state index in [-0.39, 0.29) is 0 Å². The Morgan fingerprint density at radius 2 is 1.93 bits per heavy atom. The van der Waals surface area contributed by atoms with Crippen molar-refractivity contribution < 1.29 is 0 Å². The average molecular weight is 411 g/mol. The minimum Gasteiger partial charge on any atom is -0.358 e. The third-order valence-corrected chi connectivity index (χ3v) is 6.46. The normalized spacial score (nSPS) is 14.7. The number of hydrogen-bond acceptors (Lipinski definition) is 4. The number of aromatic amines is 1. The fraction of sp³-hybridized carbons (Fsp3) is 0.455. The molecule has 1 aromatic carbocycles. The van der Waals surface area contributed by atoms with Crippen LogP contribution in [0.25, 0.3) is 10.9 Å². The number of nitrogens with one attached hydrogen (secondary N) is 3. The zero-order valence-electron chi connectivity index (χ0n) is 17.3. The topological polar surface area (TPSA) is 68.3 Å². The molecule has 1 aliphatic heterocycles. The zero-order valence-corrected chi connectivity index (χ0v) is 18.1. The number of nitrogens with zero attached hydrogens (tertiary/aromatic N) is 3. The van der Waals surface area contributed by atoms with Crippen LogP contribution in [0, 0.1) is 6.92 Å². The molecule has 3 aromatic rings. The summed E-state index contributed by atoms with van der Waals surface area (Å²) in [4.78, 5) is 15.0. The van der Waals surface area contributed by atoms with Crippen LogP contribution in [0.3, 0.4) is 0 Å². The molecule has 0 unspecified atom stereocenters. The number of aromatic nitrogens is 2. The lowest BCUT2D eigenvalue weighted by Crippen LogP contribution is -2.39. The predicted molar refractivity (Wildman–Crippen MR) is 123 cm³/mol. The van der Waals surface area contributed by atoms with Crippen LogP contribution in [0.15, 0.2) is 34.6 Å². The van der Waals surface area contributed by atoms with Crippen molar-refractivity contribution >= 4 is 33.3 Å². The minimum absolute atomic E-state index is 0.828. The summed E-state index contributed by atoms with van der Waals surface area (Å²) in [6.45, 7) is 6.12. The minimum atomic E-state index is 0.828. The highest BCUT2D eigenvalue weighted by Gasteiger charge is 2.15. The Bertz CT molecular complexity index is 967. The molecule has 2 aromatic heterocycles. The van der Waals surface area contributed by atoms with E-state index >= 15 is 0 Å². The Hall–Kier alpha value is -2.54. The van der Waals surface area contributed by atoms with E-state index in [0.29, 0.717) is 0 Å². The Balaban J connectivity index is 1.23. The standard InChI is InChI=1S/C22H30N6S/c1-16-18(19-7-3-4-8-20(19)26-16)10-12-25-21(23-2)24-11-9-17-15-29-22(27-17)28-13-5-6-14-28/h3-4,7-8,15,26H,5-6,9-14H2,1-2H3,(H2,23,24,25). The van der Waals surface area contributed by atoms with Crippen molar-refractivity contribution in [1.82, 2.24) is 20.6 Å². The molecule has 29 heavy (non-hydrogen) atoms. The van der Waals surface area contributed by atoms with Gasteiger partial charge in [0.1, 0.15) is 0 Å². The third-order valence-electron chi connectivity index (χ3n) is 5.51. The van der Waals surface area contributed by atoms with Gasteiger partial charge in [-0.2, -0.15) is 0 Å². The molecule has 0 atom stereocenters. The molecule has 1 saturated heterocycles. The number of rotatable bonds is 7. The molecular weight excluding hydrogens is 380 g/mol. The third kappa shape index (κ3) is 4.72. The average Bonchev–Trinajstić information content (AvgIpc) is 3.47. The summed E-state index contributed by atoms with van der Waals surface area (Å²) in [6, 6.07) is 8.49. The number of guanidine groups is 1. The number of fused-ring (bicyclic) bond motifs is 1. The van der Waals surface area contributed by atoms with Gasteiger partial charge in [-0.3, -0.25) is 4.99 Å². The first-order valence-corrected chi connectivity index (χ1v) is 11.3. The molecule has 0 amide bonds. The van der Waals surface area contributed by atoms with E-state index in [1.807, 2.05) is 7.05 Å². The second kappa shape index (κ2) is 9.31. The van der Waals surface area contributed by atoms with E-state index < -0.39 is 0 Å². The highest BCUT2D eigenvalue weighted by Crippen LogP contribution is 2.24. The maximum atomic E-state index is 4.79. The van der Waals surface area contributed by atoms with Crippen molar-refractivity contribution in [1.29, 1.82) is 0 Å². The number of hydrogen-bond donors (Lipinski definition) is 3. The Morgan fingerprint density at radius 3 is 2.72 bits per heavy atom. The maximum absolute atomic E-state index is 4.79. The van der Waals surface area contributed by atoms with Crippen molar-refractivity contribution in [2.24, 2.45) is 4.99 Å². The number of thiazole rings is 1. The Kier molecular flexibility index (Phi) is 6.34. The van der Waals surface area contributed by atoms with Crippen molar-refractivity contribution in [3.05, 3.63) is 46.6 Å². The lowest BCUT2D eigenvalue weighted by molar-refractivity contribution is 0.777. The van der Waals surface area contributed by atoms with E-state index in [2.05, 4.69) is 62.1 Å². The largest absolute Gasteiger partial charge is 0.358 e. The van der Waals surface area contributed by atoms with Crippen LogP contribution in [-0.2, 0) is 12.8 Å². The molecule has 1 fully saturated rings. The summed E-state index contributed by atoms with van der Waals surface area (Å²) in [5, 5.41) is 11.5. The van der Waals surface area contributed by atoms with E-state index in [4.69, 9.17) is 4.98 Å². The van der Waals surface area contributed by atoms with Gasteiger partial charge in [0.2, 0.25) is 0 Å². The maximum Gasteiger partial charge on any atom is 0.190 e. The summed E-state index contributed by atoms with van der Waals surface area (Å²) in [5.74, 6) is 0.845. The molecule has 3 heterocycles. The SMILES string of the molecule is CN=C(NCCc1csc(N2CCCC2)n1)NCCc1c(C)[nH]c2ccccc12. The van der Waals surface area contributed by atoms with Gasteiger partial charge in [0.15, 0.2) is 11.1 Å². The fourth-order valence-electron chi connectivity index (χ4n) is 3.96. The van der Waals surface area contributed by atoms with Gasteiger partial charge in [-0.15, -0.1) is 11.3 Å². The van der Waals surface area contributed by atoms with E-state index in [0.717, 1.165) is 50.7 Å². The highest BCUT2D eigenvalue weighted by molar-refractivity contribution is 7.13. The van der Waals surface area contributed by atoms with Gasteiger partial charge in [-0.1, -0.05) is 18.2 Å². The quantitative estimate of drug-likeness (QED) is 0.412. The highest BCUT2D eigenvalue weighted by atomic mass is 32.1. The molecule has 3 N–H and O–H groups in total. The smallest absolute Gasteiger partial charge is 0.190 e. The molecular formula is C22H30N6S. The van der Waals surface area contributed by atoms with Gasteiger partial charge in [-0.25, -0.2) is 4.98 Å². The molecule has 4 rings (SSSR count). The summed E-state index contributed by atoms with van der Waals surface area (Å²) in [7, 11) is 1.82. The van der Waals surface area contributed by atoms with Gasteiger partial charge in [0, 0.05) is 61.6 Å². The molecule has 6 nitrogen and oxygen atoms in total. The first-order valence-electron chi connectivity index (χ1n) is 10.4. The zero-order chi connectivity index (χ0) is 20.1. The second-order valence-corrected chi connectivity index (χ2v) is 8.35. The van der Waals surface area contributed by atoms with Crippen molar-refractivity contribution in [2.45, 2.75) is 32.6 Å². The number of para-hydroxylation sites is 1. The lowest BCUT2D eigenvalue weighted by Gasteiger charge is -2.12. The summed E-state index contributed by atoms with van der Waals surface area (Å²) in [6.07, 6.45) is 4.45. The van der Waals surface area contributed by atoms with E-state index in [1.54, 1.807) is 11.3 Å². The molecule has 0 saturated carbocycles. The Morgan fingerprint density at radius 1 is 1.17 bits per heavy atom. The molecule has 0 radical (unpaired) electrons. The van der Waals surface area contributed by atoms with Crippen LogP contribution < -0.4 is 15.5 Å². The van der Waals surface area contributed by atoms with Gasteiger partial charge >= 0.3 is 0 Å². The Labute approximate surface area is 176 Å². The number of anilines is 1. The predicted octanol–water partition coefficient (Wildman–Crippen LogP) is 3.48. The van der Waals surface area contributed by atoms with Crippen LogP contribution in [0.5, 0.6) is 0 Å². The van der Waals surface area contributed by atoms with Crippen LogP contribution in [0.1, 0.15) is 29.8 Å². The summed E-state index contributed by atoms with van der Waals surface area (Å²) >= 11 is 1.76. The first-order chi connectivity index (χ1) is 14.2. The molecule has 1 aliphatic rings. The van der Waals surface area contributed by atoms with Gasteiger partial charge in [0.05, 0.1) is 5.69 Å². The summed E-state index contributed by atoms with van der Waals surface area (Å²) < 4.78 is 0. The summed E-state index contributed by atoms with van der Waals surface area (Å²) in [5.41, 5.74) is 4.99. The molecule has 154 valence electrons. The van der Waals surface area contributed by atoms with Crippen LogP contribution >= 0.6 is 11.3 Å². The van der Waals surface area contributed by atoms with Crippen LogP contribution in [0.2, 0.25) is 0 Å².